The zero-order valence-corrected chi connectivity index (χ0v) is 10.7. The van der Waals surface area contributed by atoms with Gasteiger partial charge in [-0.25, -0.2) is 4.79 Å². The Kier molecular flexibility index (Phi) is 6.45. The molecule has 7 heteroatoms. The van der Waals surface area contributed by atoms with Gasteiger partial charge in [0.1, 0.15) is 5.76 Å². The van der Waals surface area contributed by atoms with Crippen LogP contribution in [0.1, 0.15) is 25.1 Å². The minimum absolute atomic E-state index is 0.0400. The van der Waals surface area contributed by atoms with Crippen LogP contribution in [-0.4, -0.2) is 36.9 Å². The van der Waals surface area contributed by atoms with Gasteiger partial charge in [0.2, 0.25) is 0 Å². The highest BCUT2D eigenvalue weighted by Crippen LogP contribution is 2.11. The maximum atomic E-state index is 11.5. The molecule has 1 atom stereocenters. The van der Waals surface area contributed by atoms with Crippen molar-refractivity contribution < 1.29 is 23.8 Å². The van der Waals surface area contributed by atoms with Crippen LogP contribution in [0.3, 0.4) is 0 Å². The average molecular weight is 270 g/mol. The van der Waals surface area contributed by atoms with Crippen LogP contribution in [0, 0.1) is 0 Å². The van der Waals surface area contributed by atoms with E-state index in [0.29, 0.717) is 12.3 Å². The summed E-state index contributed by atoms with van der Waals surface area (Å²) in [6, 6.07) is 2.98. The molecule has 0 saturated carbocycles. The van der Waals surface area contributed by atoms with Crippen molar-refractivity contribution in [1.29, 1.82) is 0 Å². The molecule has 1 heterocycles. The van der Waals surface area contributed by atoms with Crippen LogP contribution < -0.4 is 10.6 Å². The van der Waals surface area contributed by atoms with E-state index in [0.717, 1.165) is 0 Å². The predicted molar refractivity (Wildman–Crippen MR) is 66.7 cm³/mol. The molecule has 0 fully saturated rings. The lowest BCUT2D eigenvalue weighted by molar-refractivity contribution is -0.138. The molecule has 0 spiro atoms. The van der Waals surface area contributed by atoms with Gasteiger partial charge in [-0.15, -0.1) is 0 Å². The summed E-state index contributed by atoms with van der Waals surface area (Å²) in [4.78, 5) is 21.7. The fourth-order valence-electron chi connectivity index (χ4n) is 1.35. The zero-order chi connectivity index (χ0) is 14.1. The zero-order valence-electron chi connectivity index (χ0n) is 10.7. The molecule has 0 aliphatic rings. The second-order valence-corrected chi connectivity index (χ2v) is 3.89. The quantitative estimate of drug-likeness (QED) is 0.615. The van der Waals surface area contributed by atoms with Crippen LogP contribution in [0.4, 0.5) is 4.79 Å². The Morgan fingerprint density at radius 3 is 2.89 bits per heavy atom. The number of rotatable bonds is 8. The molecule has 7 nitrogen and oxygen atoms in total. The number of carbonyl (C=O) groups excluding carboxylic acids is 1. The number of ether oxygens (including phenoxy) is 1. The number of urea groups is 1. The second-order valence-electron chi connectivity index (χ2n) is 3.89. The molecule has 0 aromatic carbocycles. The lowest BCUT2D eigenvalue weighted by atomic mass is 10.2. The Balaban J connectivity index is 2.06. The summed E-state index contributed by atoms with van der Waals surface area (Å²) < 4.78 is 10.2. The molecule has 1 aromatic rings. The van der Waals surface area contributed by atoms with Crippen molar-refractivity contribution in [2.24, 2.45) is 0 Å². The van der Waals surface area contributed by atoms with Crippen LogP contribution in [0.25, 0.3) is 0 Å². The largest absolute Gasteiger partial charge is 0.481 e. The molecule has 0 aliphatic heterocycles. The number of carbonyl (C=O) groups is 2. The summed E-state index contributed by atoms with van der Waals surface area (Å²) in [5.74, 6) is -0.231. The van der Waals surface area contributed by atoms with Crippen molar-refractivity contribution in [1.82, 2.24) is 10.6 Å². The first-order valence-electron chi connectivity index (χ1n) is 5.97. The molecule has 1 unspecified atom stereocenters. The number of nitrogens with one attached hydrogen (secondary N) is 2. The average Bonchev–Trinajstić information content (AvgIpc) is 2.87. The third kappa shape index (κ3) is 6.46. The summed E-state index contributed by atoms with van der Waals surface area (Å²) in [6.45, 7) is 2.54. The highest BCUT2D eigenvalue weighted by Gasteiger charge is 2.10. The molecular weight excluding hydrogens is 252 g/mol. The lowest BCUT2D eigenvalue weighted by Gasteiger charge is -2.12. The fourth-order valence-corrected chi connectivity index (χ4v) is 1.35. The summed E-state index contributed by atoms with van der Waals surface area (Å²) in [5.41, 5.74) is 0. The number of hydrogen-bond acceptors (Lipinski definition) is 4. The van der Waals surface area contributed by atoms with E-state index >= 15 is 0 Å². The molecule has 0 aliphatic carbocycles. The van der Waals surface area contributed by atoms with Gasteiger partial charge in [0, 0.05) is 6.54 Å². The van der Waals surface area contributed by atoms with E-state index in [9.17, 15) is 9.59 Å². The number of aliphatic carboxylic acids is 1. The molecule has 106 valence electrons. The maximum absolute atomic E-state index is 11.5. The normalized spacial score (nSPS) is 11.8. The van der Waals surface area contributed by atoms with Crippen LogP contribution >= 0.6 is 0 Å². The Labute approximate surface area is 110 Å². The predicted octanol–water partition coefficient (Wildman–Crippen LogP) is 1.13. The molecule has 2 amide bonds. The van der Waals surface area contributed by atoms with Crippen molar-refractivity contribution >= 4 is 12.0 Å². The van der Waals surface area contributed by atoms with Crippen LogP contribution in [0.15, 0.2) is 22.8 Å². The number of carboxylic acid groups (broad SMARTS) is 1. The van der Waals surface area contributed by atoms with E-state index in [4.69, 9.17) is 14.3 Å². The number of furan rings is 1. The Morgan fingerprint density at radius 1 is 1.47 bits per heavy atom. The molecular formula is C12H18N2O5. The highest BCUT2D eigenvalue weighted by molar-refractivity contribution is 5.74. The molecule has 1 aromatic heterocycles. The SMILES string of the molecule is CC(NC(=O)NCCOCCC(=O)O)c1ccco1. The van der Waals surface area contributed by atoms with E-state index in [-0.39, 0.29) is 31.7 Å². The lowest BCUT2D eigenvalue weighted by Crippen LogP contribution is -2.38. The molecule has 0 saturated heterocycles. The van der Waals surface area contributed by atoms with Gasteiger partial charge in [0.05, 0.1) is 31.9 Å². The first-order valence-corrected chi connectivity index (χ1v) is 5.97. The second kappa shape index (κ2) is 8.15. The minimum atomic E-state index is -0.905. The molecule has 19 heavy (non-hydrogen) atoms. The Bertz CT molecular complexity index is 391. The minimum Gasteiger partial charge on any atom is -0.481 e. The van der Waals surface area contributed by atoms with Gasteiger partial charge in [-0.3, -0.25) is 4.79 Å². The van der Waals surface area contributed by atoms with Crippen LogP contribution in [-0.2, 0) is 9.53 Å². The van der Waals surface area contributed by atoms with Gasteiger partial charge in [0.15, 0.2) is 0 Å². The van der Waals surface area contributed by atoms with Crippen LogP contribution in [0.2, 0.25) is 0 Å². The molecule has 0 bridgehead atoms. The molecule has 0 radical (unpaired) electrons. The number of carboxylic acids is 1. The smallest absolute Gasteiger partial charge is 0.315 e. The van der Waals surface area contributed by atoms with Gasteiger partial charge < -0.3 is 24.9 Å². The van der Waals surface area contributed by atoms with Gasteiger partial charge in [-0.1, -0.05) is 0 Å². The van der Waals surface area contributed by atoms with Gasteiger partial charge in [-0.05, 0) is 19.1 Å². The Morgan fingerprint density at radius 2 is 2.26 bits per heavy atom. The summed E-state index contributed by atoms with van der Waals surface area (Å²) >= 11 is 0. The Hall–Kier alpha value is -2.02. The van der Waals surface area contributed by atoms with Crippen molar-refractivity contribution in [3.8, 4) is 0 Å². The van der Waals surface area contributed by atoms with Crippen molar-refractivity contribution in [3.05, 3.63) is 24.2 Å². The van der Waals surface area contributed by atoms with Crippen molar-refractivity contribution in [2.45, 2.75) is 19.4 Å². The fraction of sp³-hybridized carbons (Fsp3) is 0.500. The van der Waals surface area contributed by atoms with Crippen molar-refractivity contribution in [2.75, 3.05) is 19.8 Å². The summed E-state index contributed by atoms with van der Waals surface area (Å²) in [6.07, 6.45) is 1.50. The third-order valence-corrected chi connectivity index (χ3v) is 2.31. The van der Waals surface area contributed by atoms with Gasteiger partial charge in [-0.2, -0.15) is 0 Å². The number of amides is 2. The standard InChI is InChI=1S/C12H18N2O5/c1-9(10-3-2-6-19-10)14-12(17)13-5-8-18-7-4-11(15)16/h2-3,6,9H,4-5,7-8H2,1H3,(H,15,16)(H2,13,14,17). The maximum Gasteiger partial charge on any atom is 0.315 e. The molecule has 1 rings (SSSR count). The van der Waals surface area contributed by atoms with E-state index < -0.39 is 5.97 Å². The summed E-state index contributed by atoms with van der Waals surface area (Å²) in [7, 11) is 0. The first-order chi connectivity index (χ1) is 9.09. The molecule has 3 N–H and O–H groups in total. The van der Waals surface area contributed by atoms with Gasteiger partial charge in [0.25, 0.3) is 0 Å². The van der Waals surface area contributed by atoms with Gasteiger partial charge >= 0.3 is 12.0 Å². The first kappa shape index (κ1) is 15.0. The van der Waals surface area contributed by atoms with Crippen molar-refractivity contribution in [3.63, 3.8) is 0 Å². The van der Waals surface area contributed by atoms with E-state index in [1.807, 2.05) is 6.92 Å². The topological polar surface area (TPSA) is 101 Å². The van der Waals surface area contributed by atoms with E-state index in [1.165, 1.54) is 0 Å². The summed E-state index contributed by atoms with van der Waals surface area (Å²) in [5, 5.41) is 13.7. The monoisotopic (exact) mass is 270 g/mol. The van der Waals surface area contributed by atoms with E-state index in [2.05, 4.69) is 10.6 Å². The van der Waals surface area contributed by atoms with Crippen LogP contribution in [0.5, 0.6) is 0 Å². The van der Waals surface area contributed by atoms with E-state index in [1.54, 1.807) is 18.4 Å². The number of hydrogen-bond donors (Lipinski definition) is 3. The third-order valence-electron chi connectivity index (χ3n) is 2.31. The highest BCUT2D eigenvalue weighted by atomic mass is 16.5.